The van der Waals surface area contributed by atoms with Crippen molar-refractivity contribution in [3.63, 3.8) is 0 Å². The van der Waals surface area contributed by atoms with Crippen molar-refractivity contribution < 1.29 is 0 Å². The van der Waals surface area contributed by atoms with Gasteiger partial charge in [0.25, 0.3) is 0 Å². The van der Waals surface area contributed by atoms with Crippen molar-refractivity contribution >= 4 is 59.4 Å². The maximum absolute atomic E-state index is 5.80. The van der Waals surface area contributed by atoms with Crippen LogP contribution in [0.1, 0.15) is 51.8 Å². The van der Waals surface area contributed by atoms with Crippen LogP contribution in [0.4, 0.5) is 0 Å². The summed E-state index contributed by atoms with van der Waals surface area (Å²) in [5.74, 6) is 0. The van der Waals surface area contributed by atoms with Crippen molar-refractivity contribution in [2.75, 3.05) is 7.05 Å². The van der Waals surface area contributed by atoms with Crippen LogP contribution in [0.5, 0.6) is 0 Å². The Hall–Kier alpha value is -6.32. The highest BCUT2D eigenvalue weighted by Crippen LogP contribution is 2.63. The predicted octanol–water partition coefficient (Wildman–Crippen LogP) is 12.5. The van der Waals surface area contributed by atoms with Crippen LogP contribution in [0, 0.1) is 0 Å². The monoisotopic (exact) mass is 720 g/mol. The van der Waals surface area contributed by atoms with Gasteiger partial charge in [-0.15, -0.1) is 0 Å². The van der Waals surface area contributed by atoms with Gasteiger partial charge < -0.3 is 11.5 Å². The molecule has 0 saturated carbocycles. The standard InChI is InChI=1S/C34H24.C19H15N.CH5N/c1-2-9-22(10-3-1)21-25-13-8-16-28-31(25)26-14-4-5-15-27(26)34(28)29-17-6-11-23-19-20-24-12-7-18-30(34)33(24)32(23)29;20-12-13-9-10-18-16-7-2-1-5-14(16)15-6-3-4-8-17(15)19(18)11-13;1-2/h1-4,6-14,16-20H,5,15,21H2;1-11H,12,20H2;2H2,1H3. The van der Waals surface area contributed by atoms with E-state index in [1.165, 1.54) is 105 Å². The summed E-state index contributed by atoms with van der Waals surface area (Å²) in [4.78, 5) is 0. The summed E-state index contributed by atoms with van der Waals surface area (Å²) in [6.07, 6.45) is 8.00. The van der Waals surface area contributed by atoms with E-state index in [9.17, 15) is 0 Å². The summed E-state index contributed by atoms with van der Waals surface area (Å²) in [5, 5.41) is 13.5. The lowest BCUT2D eigenvalue weighted by Gasteiger charge is -2.33. The van der Waals surface area contributed by atoms with Crippen LogP contribution < -0.4 is 11.5 Å². The van der Waals surface area contributed by atoms with Gasteiger partial charge in [0.05, 0.1) is 5.41 Å². The van der Waals surface area contributed by atoms with Crippen molar-refractivity contribution in [2.24, 2.45) is 11.5 Å². The van der Waals surface area contributed by atoms with Crippen LogP contribution in [0.2, 0.25) is 0 Å². The van der Waals surface area contributed by atoms with Crippen LogP contribution in [0.25, 0.3) is 59.4 Å². The largest absolute Gasteiger partial charge is 0.333 e. The molecule has 0 radical (unpaired) electrons. The van der Waals surface area contributed by atoms with Crippen molar-refractivity contribution in [3.8, 4) is 0 Å². The van der Waals surface area contributed by atoms with E-state index in [1.807, 2.05) is 0 Å². The topological polar surface area (TPSA) is 52.0 Å². The molecule has 1 spiro atoms. The third-order valence-electron chi connectivity index (χ3n) is 12.4. The zero-order valence-electron chi connectivity index (χ0n) is 31.7. The molecule has 0 atom stereocenters. The zero-order valence-corrected chi connectivity index (χ0v) is 31.7. The third-order valence-corrected chi connectivity index (χ3v) is 12.4. The lowest BCUT2D eigenvalue weighted by atomic mass is 9.67. The number of nitrogens with two attached hydrogens (primary N) is 2. The first-order valence-corrected chi connectivity index (χ1v) is 19.9. The Kier molecular flexibility index (Phi) is 8.40. The average molecular weight is 721 g/mol. The summed E-state index contributed by atoms with van der Waals surface area (Å²) in [6.45, 7) is 0.580. The van der Waals surface area contributed by atoms with Crippen LogP contribution in [-0.4, -0.2) is 7.05 Å². The molecule has 2 nitrogen and oxygen atoms in total. The molecule has 0 amide bonds. The highest BCUT2D eigenvalue weighted by Gasteiger charge is 2.52. The Bertz CT molecular complexity index is 2960. The number of fused-ring (bicyclic) bond motifs is 12. The zero-order chi connectivity index (χ0) is 37.8. The van der Waals surface area contributed by atoms with Crippen LogP contribution in [0.3, 0.4) is 0 Å². The van der Waals surface area contributed by atoms with Crippen LogP contribution in [-0.2, 0) is 18.4 Å². The van der Waals surface area contributed by atoms with Crippen molar-refractivity contribution in [1.29, 1.82) is 0 Å². The fourth-order valence-corrected chi connectivity index (χ4v) is 10.3. The van der Waals surface area contributed by atoms with E-state index in [2.05, 4.69) is 182 Å². The molecule has 3 aliphatic rings. The summed E-state index contributed by atoms with van der Waals surface area (Å²) >= 11 is 0. The number of allylic oxidation sites excluding steroid dienone is 4. The minimum atomic E-state index is -0.176. The van der Waals surface area contributed by atoms with E-state index in [4.69, 9.17) is 5.73 Å². The van der Waals surface area contributed by atoms with Gasteiger partial charge in [0, 0.05) is 6.54 Å². The fourth-order valence-electron chi connectivity index (χ4n) is 10.3. The van der Waals surface area contributed by atoms with Gasteiger partial charge in [-0.2, -0.15) is 0 Å². The van der Waals surface area contributed by atoms with Gasteiger partial charge in [-0.3, -0.25) is 0 Å². The molecule has 12 rings (SSSR count). The Balaban J connectivity index is 0.000000149. The first kappa shape index (κ1) is 34.2. The smallest absolute Gasteiger partial charge is 0.0689 e. The molecule has 0 saturated heterocycles. The minimum absolute atomic E-state index is 0.176. The average Bonchev–Trinajstić information content (AvgIpc) is 3.76. The van der Waals surface area contributed by atoms with Gasteiger partial charge in [-0.25, -0.2) is 0 Å². The van der Waals surface area contributed by atoms with Crippen LogP contribution in [0.15, 0.2) is 182 Å². The highest BCUT2D eigenvalue weighted by atomic mass is 14.5. The maximum Gasteiger partial charge on any atom is 0.0689 e. The first-order valence-electron chi connectivity index (χ1n) is 19.9. The van der Waals surface area contributed by atoms with Gasteiger partial charge in [-0.05, 0) is 136 Å². The molecule has 0 heterocycles. The number of hydrogen-bond acceptors (Lipinski definition) is 2. The molecule has 0 aromatic heterocycles. The molecule has 2 heteroatoms. The Morgan fingerprint density at radius 1 is 0.500 bits per heavy atom. The van der Waals surface area contributed by atoms with Crippen molar-refractivity contribution in [3.05, 3.63) is 220 Å². The summed E-state index contributed by atoms with van der Waals surface area (Å²) in [6, 6.07) is 60.3. The fraction of sp³-hybridized carbons (Fsp3) is 0.111. The normalized spacial score (nSPS) is 14.3. The minimum Gasteiger partial charge on any atom is -0.333 e. The predicted molar refractivity (Wildman–Crippen MR) is 239 cm³/mol. The lowest BCUT2D eigenvalue weighted by Crippen LogP contribution is -2.28. The van der Waals surface area contributed by atoms with Gasteiger partial charge >= 0.3 is 0 Å². The Morgan fingerprint density at radius 2 is 1.05 bits per heavy atom. The molecule has 0 bridgehead atoms. The molecule has 3 aliphatic carbocycles. The van der Waals surface area contributed by atoms with Crippen LogP contribution >= 0.6 is 0 Å². The second kappa shape index (κ2) is 13.8. The second-order valence-corrected chi connectivity index (χ2v) is 15.1. The molecule has 9 aromatic carbocycles. The molecule has 0 aliphatic heterocycles. The van der Waals surface area contributed by atoms with E-state index in [-0.39, 0.29) is 5.41 Å². The molecule has 4 N–H and O–H groups in total. The third kappa shape index (κ3) is 4.96. The van der Waals surface area contributed by atoms with E-state index >= 15 is 0 Å². The number of rotatable bonds is 3. The van der Waals surface area contributed by atoms with Gasteiger partial charge in [0.15, 0.2) is 0 Å². The quantitative estimate of drug-likeness (QED) is 0.179. The molecule has 0 unspecified atom stereocenters. The van der Waals surface area contributed by atoms with E-state index in [0.29, 0.717) is 6.54 Å². The second-order valence-electron chi connectivity index (χ2n) is 15.1. The lowest BCUT2D eigenvalue weighted by molar-refractivity contribution is 0.716. The Morgan fingerprint density at radius 3 is 1.68 bits per heavy atom. The first-order chi connectivity index (χ1) is 27.8. The molecule has 270 valence electrons. The molecular formula is C54H44N2. The number of benzene rings is 9. The van der Waals surface area contributed by atoms with Crippen molar-refractivity contribution in [2.45, 2.75) is 31.2 Å². The molecule has 56 heavy (non-hydrogen) atoms. The summed E-state index contributed by atoms with van der Waals surface area (Å²) < 4.78 is 0. The van der Waals surface area contributed by atoms with Gasteiger partial charge in [0.2, 0.25) is 0 Å². The molecular weight excluding hydrogens is 677 g/mol. The SMILES string of the molecule is C1=CC2=C(CC1)C1(c3cccc(Cc4ccccc4)c32)c2cccc3ccc4cccc1c4c23.CN.NCc1ccc2c3ccccc3c3ccccc3c2c1. The van der Waals surface area contributed by atoms with Gasteiger partial charge in [0.1, 0.15) is 0 Å². The van der Waals surface area contributed by atoms with E-state index in [1.54, 1.807) is 5.57 Å². The van der Waals surface area contributed by atoms with Crippen molar-refractivity contribution in [1.82, 2.24) is 0 Å². The Labute approximate surface area is 328 Å². The summed E-state index contributed by atoms with van der Waals surface area (Å²) in [7, 11) is 1.50. The highest BCUT2D eigenvalue weighted by molar-refractivity contribution is 6.25. The molecule has 0 fully saturated rings. The molecule has 9 aromatic rings. The van der Waals surface area contributed by atoms with E-state index in [0.717, 1.165) is 19.3 Å². The number of hydrogen-bond donors (Lipinski definition) is 2. The summed E-state index contributed by atoms with van der Waals surface area (Å²) in [5.41, 5.74) is 23.1. The van der Waals surface area contributed by atoms with E-state index < -0.39 is 0 Å². The van der Waals surface area contributed by atoms with Gasteiger partial charge in [-0.1, -0.05) is 170 Å². The maximum atomic E-state index is 5.80.